The van der Waals surface area contributed by atoms with Crippen molar-refractivity contribution >= 4 is 0 Å². The van der Waals surface area contributed by atoms with Crippen molar-refractivity contribution < 1.29 is 0 Å². The van der Waals surface area contributed by atoms with Gasteiger partial charge in [0.2, 0.25) is 0 Å². The van der Waals surface area contributed by atoms with Crippen LogP contribution in [0, 0.1) is 17.8 Å². The van der Waals surface area contributed by atoms with Crippen LogP contribution in [0.15, 0.2) is 42.5 Å². The number of fused-ring (bicyclic) bond motifs is 2. The number of hydrogen-bond acceptors (Lipinski definition) is 0. The zero-order valence-electron chi connectivity index (χ0n) is 8.37. The van der Waals surface area contributed by atoms with Crippen LogP contribution in [0.5, 0.6) is 0 Å². The van der Waals surface area contributed by atoms with E-state index in [-0.39, 0.29) is 0 Å². The highest BCUT2D eigenvalue weighted by Gasteiger charge is 2.47. The minimum Gasteiger partial charge on any atom is -0.0432 e. The Kier molecular flexibility index (Phi) is 1.70. The summed E-state index contributed by atoms with van der Waals surface area (Å²) in [5.41, 5.74) is 2.83. The van der Waals surface area contributed by atoms with Gasteiger partial charge in [0.25, 0.3) is 0 Å². The highest BCUT2D eigenvalue weighted by molar-refractivity contribution is 5.49. The molecule has 0 amide bonds. The van der Waals surface area contributed by atoms with Crippen molar-refractivity contribution in [1.29, 1.82) is 0 Å². The zero-order chi connectivity index (χ0) is 9.54. The van der Waals surface area contributed by atoms with E-state index in [9.17, 15) is 0 Å². The molecule has 0 spiro atoms. The van der Waals surface area contributed by atoms with Crippen LogP contribution in [-0.4, -0.2) is 0 Å². The molecule has 0 aromatic heterocycles. The molecule has 3 rings (SSSR count). The Balaban J connectivity index is 1.97. The van der Waals surface area contributed by atoms with Crippen LogP contribution in [0.4, 0.5) is 0 Å². The van der Waals surface area contributed by atoms with Gasteiger partial charge in [-0.3, -0.25) is 0 Å². The lowest BCUT2D eigenvalue weighted by Crippen LogP contribution is -2.11. The van der Waals surface area contributed by atoms with Crippen LogP contribution < -0.4 is 0 Å². The van der Waals surface area contributed by atoms with E-state index in [1.165, 1.54) is 30.4 Å². The zero-order valence-corrected chi connectivity index (χ0v) is 8.37. The smallest absolute Gasteiger partial charge is 0.0432 e. The molecule has 2 fully saturated rings. The first kappa shape index (κ1) is 8.16. The Morgan fingerprint density at radius 1 is 1.14 bits per heavy atom. The van der Waals surface area contributed by atoms with Crippen LogP contribution in [0.25, 0.3) is 0 Å². The van der Waals surface area contributed by atoms with Crippen molar-refractivity contribution in [3.05, 3.63) is 54.0 Å². The van der Waals surface area contributed by atoms with Crippen LogP contribution in [-0.2, 0) is 0 Å². The van der Waals surface area contributed by atoms with E-state index in [4.69, 9.17) is 0 Å². The predicted octanol–water partition coefficient (Wildman–Crippen LogP) is 3.60. The molecule has 0 nitrogen and oxygen atoms in total. The molecule has 0 N–H and O–H groups in total. The fraction of sp³-hybridized carbons (Fsp3) is 0.357. The fourth-order valence-electron chi connectivity index (χ4n) is 3.08. The lowest BCUT2D eigenvalue weighted by molar-refractivity contribution is 0.609. The summed E-state index contributed by atoms with van der Waals surface area (Å²) in [7, 11) is 0. The molecule has 0 heterocycles. The Morgan fingerprint density at radius 2 is 1.93 bits per heavy atom. The summed E-state index contributed by atoms with van der Waals surface area (Å²) in [6.07, 6.45) is 4.12. The molecule has 0 aliphatic heterocycles. The largest absolute Gasteiger partial charge is 0.0987 e. The molecule has 1 aromatic rings. The van der Waals surface area contributed by atoms with Gasteiger partial charge in [-0.15, -0.1) is 0 Å². The van der Waals surface area contributed by atoms with Gasteiger partial charge < -0.3 is 0 Å². The second-order valence-electron chi connectivity index (χ2n) is 4.51. The van der Waals surface area contributed by atoms with Crippen molar-refractivity contribution in [1.82, 2.24) is 0 Å². The molecule has 2 bridgehead atoms. The summed E-state index contributed by atoms with van der Waals surface area (Å²) in [5, 5.41) is 0. The molecule has 2 atom stereocenters. The second-order valence-corrected chi connectivity index (χ2v) is 4.51. The van der Waals surface area contributed by atoms with E-state index in [0.717, 1.165) is 11.8 Å². The van der Waals surface area contributed by atoms with Gasteiger partial charge in [-0.2, -0.15) is 0 Å². The standard InChI is InChI=1S/C14H15/c1-10-12-7-8-13(9-12)14(10)11-5-3-2-4-6-11/h2-6,12-13H,1,7-9H2/q+1. The number of benzene rings is 1. The number of allylic oxidation sites excluding steroid dienone is 1. The first-order valence-electron chi connectivity index (χ1n) is 5.47. The van der Waals surface area contributed by atoms with Gasteiger partial charge in [-0.1, -0.05) is 0 Å². The molecule has 2 saturated carbocycles. The normalized spacial score (nSPS) is 30.0. The van der Waals surface area contributed by atoms with Gasteiger partial charge in [0.1, 0.15) is 0 Å². The molecule has 2 unspecified atom stereocenters. The molecule has 2 aliphatic carbocycles. The summed E-state index contributed by atoms with van der Waals surface area (Å²) in [6, 6.07) is 10.8. The summed E-state index contributed by atoms with van der Waals surface area (Å²) in [6.45, 7) is 4.26. The first-order chi connectivity index (χ1) is 6.86. The Labute approximate surface area is 85.6 Å². The number of hydrogen-bond donors (Lipinski definition) is 0. The maximum atomic E-state index is 4.26. The second kappa shape index (κ2) is 2.91. The molecule has 0 heteroatoms. The lowest BCUT2D eigenvalue weighted by Gasteiger charge is -2.18. The Bertz CT molecular complexity index is 350. The third kappa shape index (κ3) is 1.03. The van der Waals surface area contributed by atoms with E-state index in [2.05, 4.69) is 36.9 Å². The average Bonchev–Trinajstić information content (AvgIpc) is 2.79. The van der Waals surface area contributed by atoms with Crippen LogP contribution in [0.2, 0.25) is 0 Å². The summed E-state index contributed by atoms with van der Waals surface area (Å²) < 4.78 is 0. The third-order valence-electron chi connectivity index (χ3n) is 3.76. The minimum absolute atomic E-state index is 0.801. The Hall–Kier alpha value is -1.17. The van der Waals surface area contributed by atoms with Crippen LogP contribution in [0.3, 0.4) is 0 Å². The maximum absolute atomic E-state index is 4.26. The fourth-order valence-corrected chi connectivity index (χ4v) is 3.08. The highest BCUT2D eigenvalue weighted by atomic mass is 14.5. The third-order valence-corrected chi connectivity index (χ3v) is 3.76. The van der Waals surface area contributed by atoms with E-state index in [0.29, 0.717) is 0 Å². The topological polar surface area (TPSA) is 0 Å². The molecular weight excluding hydrogens is 168 g/mol. The summed E-state index contributed by atoms with van der Waals surface area (Å²) in [4.78, 5) is 0. The molecule has 70 valence electrons. The molecule has 1 aromatic carbocycles. The quantitative estimate of drug-likeness (QED) is 0.584. The monoisotopic (exact) mass is 183 g/mol. The van der Waals surface area contributed by atoms with Crippen molar-refractivity contribution in [2.24, 2.45) is 11.8 Å². The van der Waals surface area contributed by atoms with E-state index in [1.807, 2.05) is 0 Å². The molecule has 2 aliphatic rings. The summed E-state index contributed by atoms with van der Waals surface area (Å²) in [5.74, 6) is 3.17. The van der Waals surface area contributed by atoms with Gasteiger partial charge in [0.05, 0.1) is 11.5 Å². The van der Waals surface area contributed by atoms with Gasteiger partial charge in [0, 0.05) is 29.5 Å². The first-order valence-corrected chi connectivity index (χ1v) is 5.47. The Morgan fingerprint density at radius 3 is 2.57 bits per heavy atom. The van der Waals surface area contributed by atoms with Gasteiger partial charge in [0.15, 0.2) is 0 Å². The predicted molar refractivity (Wildman–Crippen MR) is 58.8 cm³/mol. The molecule has 0 radical (unpaired) electrons. The van der Waals surface area contributed by atoms with E-state index < -0.39 is 0 Å². The highest BCUT2D eigenvalue weighted by Crippen LogP contribution is 2.54. The van der Waals surface area contributed by atoms with E-state index >= 15 is 0 Å². The molecular formula is C14H15+. The van der Waals surface area contributed by atoms with Crippen LogP contribution in [0.1, 0.15) is 24.8 Å². The van der Waals surface area contributed by atoms with Gasteiger partial charge >= 0.3 is 0 Å². The minimum atomic E-state index is 0.801. The molecule has 0 saturated heterocycles. The average molecular weight is 183 g/mol. The van der Waals surface area contributed by atoms with Crippen molar-refractivity contribution in [3.63, 3.8) is 0 Å². The molecule has 14 heavy (non-hydrogen) atoms. The van der Waals surface area contributed by atoms with Crippen LogP contribution >= 0.6 is 0 Å². The van der Waals surface area contributed by atoms with Gasteiger partial charge in [-0.25, -0.2) is 0 Å². The number of rotatable bonds is 1. The summed E-state index contributed by atoms with van der Waals surface area (Å²) >= 11 is 0. The van der Waals surface area contributed by atoms with Crippen molar-refractivity contribution in [3.8, 4) is 0 Å². The SMILES string of the molecule is C=C1[C+](c2ccccc2)C2CCC1C2. The lowest BCUT2D eigenvalue weighted by atomic mass is 9.80. The van der Waals surface area contributed by atoms with Crippen molar-refractivity contribution in [2.45, 2.75) is 19.3 Å². The maximum Gasteiger partial charge on any atom is 0.0987 e. The van der Waals surface area contributed by atoms with Crippen molar-refractivity contribution in [2.75, 3.05) is 0 Å². The van der Waals surface area contributed by atoms with E-state index in [1.54, 1.807) is 5.92 Å². The van der Waals surface area contributed by atoms with Gasteiger partial charge in [-0.05, 0) is 44.0 Å².